The zero-order chi connectivity index (χ0) is 18.4. The summed E-state index contributed by atoms with van der Waals surface area (Å²) in [5.74, 6) is 0.172. The predicted octanol–water partition coefficient (Wildman–Crippen LogP) is 2.48. The zero-order valence-corrected chi connectivity index (χ0v) is 15.3. The molecule has 0 radical (unpaired) electrons. The Kier molecular flexibility index (Phi) is 6.17. The van der Waals surface area contributed by atoms with E-state index in [0.717, 1.165) is 12.0 Å². The van der Waals surface area contributed by atoms with Crippen LogP contribution in [-0.2, 0) is 21.2 Å². The van der Waals surface area contributed by atoms with Gasteiger partial charge in [0.25, 0.3) is 0 Å². The molecule has 0 unspecified atom stereocenters. The first-order valence-corrected chi connectivity index (χ1v) is 9.37. The third-order valence-electron chi connectivity index (χ3n) is 3.75. The van der Waals surface area contributed by atoms with Crippen LogP contribution < -0.4 is 14.8 Å². The van der Waals surface area contributed by atoms with Crippen molar-refractivity contribution in [3.05, 3.63) is 53.6 Å². The van der Waals surface area contributed by atoms with Crippen molar-refractivity contribution in [2.45, 2.75) is 25.2 Å². The molecule has 2 aromatic carbocycles. The highest BCUT2D eigenvalue weighted by Gasteiger charge is 2.16. The molecule has 0 heterocycles. The largest absolute Gasteiger partial charge is 0.496 e. The fraction of sp³-hybridized carbons (Fsp3) is 0.278. The molecule has 0 aromatic heterocycles. The lowest BCUT2D eigenvalue weighted by Gasteiger charge is -2.10. The number of methoxy groups -OCH3 is 1. The van der Waals surface area contributed by atoms with E-state index in [0.29, 0.717) is 17.0 Å². The number of ether oxygens (including phenoxy) is 1. The molecule has 25 heavy (non-hydrogen) atoms. The summed E-state index contributed by atoms with van der Waals surface area (Å²) >= 11 is 0. The van der Waals surface area contributed by atoms with E-state index in [-0.39, 0.29) is 11.4 Å². The van der Waals surface area contributed by atoms with Crippen molar-refractivity contribution >= 4 is 21.6 Å². The van der Waals surface area contributed by atoms with Crippen molar-refractivity contribution in [3.63, 3.8) is 0 Å². The van der Waals surface area contributed by atoms with Gasteiger partial charge < -0.3 is 10.1 Å². The molecule has 0 aliphatic heterocycles. The summed E-state index contributed by atoms with van der Waals surface area (Å²) in [4.78, 5) is 12.0. The quantitative estimate of drug-likeness (QED) is 0.792. The lowest BCUT2D eigenvalue weighted by atomic mass is 10.1. The van der Waals surface area contributed by atoms with Crippen molar-refractivity contribution in [2.75, 3.05) is 19.0 Å². The molecule has 1 amide bonds. The molecule has 0 fully saturated rings. The third kappa shape index (κ3) is 5.04. The number of anilines is 1. The van der Waals surface area contributed by atoms with Gasteiger partial charge in [0.2, 0.25) is 15.9 Å². The average molecular weight is 362 g/mol. The van der Waals surface area contributed by atoms with Crippen LogP contribution in [0.3, 0.4) is 0 Å². The van der Waals surface area contributed by atoms with Crippen molar-refractivity contribution in [2.24, 2.45) is 0 Å². The summed E-state index contributed by atoms with van der Waals surface area (Å²) in [6.45, 7) is 3.46. The van der Waals surface area contributed by atoms with Crippen LogP contribution in [0.25, 0.3) is 0 Å². The summed E-state index contributed by atoms with van der Waals surface area (Å²) in [6, 6.07) is 11.9. The van der Waals surface area contributed by atoms with Gasteiger partial charge in [-0.2, -0.15) is 0 Å². The molecule has 0 saturated heterocycles. The van der Waals surface area contributed by atoms with Gasteiger partial charge in [-0.3, -0.25) is 4.79 Å². The maximum atomic E-state index is 12.3. The first kappa shape index (κ1) is 19.0. The monoisotopic (exact) mass is 362 g/mol. The zero-order valence-electron chi connectivity index (χ0n) is 14.5. The number of carbonyl (C=O) groups excluding carboxylic acids is 1. The van der Waals surface area contributed by atoms with Crippen LogP contribution in [0.1, 0.15) is 18.1 Å². The van der Waals surface area contributed by atoms with Crippen LogP contribution in [0.5, 0.6) is 5.75 Å². The molecular formula is C18H22N2O4S. The van der Waals surface area contributed by atoms with Crippen LogP contribution in [0.4, 0.5) is 5.69 Å². The molecular weight excluding hydrogens is 340 g/mol. The van der Waals surface area contributed by atoms with Crippen LogP contribution in [0.15, 0.2) is 47.4 Å². The highest BCUT2D eigenvalue weighted by atomic mass is 32.2. The maximum Gasteiger partial charge on any atom is 0.241 e. The van der Waals surface area contributed by atoms with E-state index in [9.17, 15) is 13.2 Å². The van der Waals surface area contributed by atoms with Crippen molar-refractivity contribution in [3.8, 4) is 5.75 Å². The standard InChI is InChI=1S/C18H22N2O4S/c1-4-14-5-7-15(8-6-14)20-18(21)12-19-25(22,23)16-9-10-17(24-3)13(2)11-16/h5-11,19H,4,12H2,1-3H3,(H,20,21). The predicted molar refractivity (Wildman–Crippen MR) is 97.4 cm³/mol. The topological polar surface area (TPSA) is 84.5 Å². The second-order valence-electron chi connectivity index (χ2n) is 5.55. The van der Waals surface area contributed by atoms with E-state index >= 15 is 0 Å². The van der Waals surface area contributed by atoms with Gasteiger partial charge in [0.15, 0.2) is 0 Å². The lowest BCUT2D eigenvalue weighted by molar-refractivity contribution is -0.115. The fourth-order valence-electron chi connectivity index (χ4n) is 2.29. The van der Waals surface area contributed by atoms with Gasteiger partial charge in [-0.15, -0.1) is 0 Å². The minimum Gasteiger partial charge on any atom is -0.496 e. The molecule has 0 saturated carbocycles. The molecule has 2 rings (SSSR count). The number of hydrogen-bond acceptors (Lipinski definition) is 4. The van der Waals surface area contributed by atoms with Gasteiger partial charge in [0.05, 0.1) is 18.6 Å². The molecule has 0 atom stereocenters. The van der Waals surface area contributed by atoms with Gasteiger partial charge in [-0.05, 0) is 54.8 Å². The SMILES string of the molecule is CCc1ccc(NC(=O)CNS(=O)(=O)c2ccc(OC)c(C)c2)cc1. The summed E-state index contributed by atoms with van der Waals surface area (Å²) < 4.78 is 32.0. The Hall–Kier alpha value is -2.38. The number of amides is 1. The third-order valence-corrected chi connectivity index (χ3v) is 5.14. The van der Waals surface area contributed by atoms with E-state index in [1.165, 1.54) is 19.2 Å². The fourth-order valence-corrected chi connectivity index (χ4v) is 3.36. The minimum atomic E-state index is -3.77. The summed E-state index contributed by atoms with van der Waals surface area (Å²) in [7, 11) is -2.25. The maximum absolute atomic E-state index is 12.3. The number of sulfonamides is 1. The van der Waals surface area contributed by atoms with Gasteiger partial charge in [0.1, 0.15) is 5.75 Å². The second kappa shape index (κ2) is 8.13. The van der Waals surface area contributed by atoms with E-state index in [2.05, 4.69) is 10.0 Å². The van der Waals surface area contributed by atoms with E-state index < -0.39 is 15.9 Å². The van der Waals surface area contributed by atoms with Crippen LogP contribution >= 0.6 is 0 Å². The second-order valence-corrected chi connectivity index (χ2v) is 7.32. The molecule has 7 heteroatoms. The molecule has 0 aliphatic rings. The highest BCUT2D eigenvalue weighted by Crippen LogP contribution is 2.21. The number of aryl methyl sites for hydroxylation is 2. The van der Waals surface area contributed by atoms with Crippen LogP contribution in [-0.4, -0.2) is 28.0 Å². The van der Waals surface area contributed by atoms with E-state index in [4.69, 9.17) is 4.74 Å². The highest BCUT2D eigenvalue weighted by molar-refractivity contribution is 7.89. The number of carbonyl (C=O) groups is 1. The molecule has 6 nitrogen and oxygen atoms in total. The van der Waals surface area contributed by atoms with Crippen LogP contribution in [0, 0.1) is 6.92 Å². The normalized spacial score (nSPS) is 11.2. The average Bonchev–Trinajstić information content (AvgIpc) is 2.60. The summed E-state index contributed by atoms with van der Waals surface area (Å²) in [5, 5.41) is 2.66. The lowest BCUT2D eigenvalue weighted by Crippen LogP contribution is -2.32. The summed E-state index contributed by atoms with van der Waals surface area (Å²) in [5.41, 5.74) is 2.49. The Balaban J connectivity index is 1.98. The van der Waals surface area contributed by atoms with Crippen molar-refractivity contribution < 1.29 is 17.9 Å². The number of benzene rings is 2. The number of hydrogen-bond donors (Lipinski definition) is 2. The van der Waals surface area contributed by atoms with Gasteiger partial charge >= 0.3 is 0 Å². The molecule has 0 bridgehead atoms. The van der Waals surface area contributed by atoms with E-state index in [1.807, 2.05) is 19.1 Å². The molecule has 2 N–H and O–H groups in total. The van der Waals surface area contributed by atoms with Crippen molar-refractivity contribution in [1.82, 2.24) is 4.72 Å². The van der Waals surface area contributed by atoms with Gasteiger partial charge in [-0.1, -0.05) is 19.1 Å². The smallest absolute Gasteiger partial charge is 0.241 e. The van der Waals surface area contributed by atoms with E-state index in [1.54, 1.807) is 25.1 Å². The Morgan fingerprint density at radius 2 is 1.80 bits per heavy atom. The molecule has 0 spiro atoms. The number of rotatable bonds is 7. The minimum absolute atomic E-state index is 0.0888. The first-order chi connectivity index (χ1) is 11.9. The van der Waals surface area contributed by atoms with Gasteiger partial charge in [0, 0.05) is 5.69 Å². The molecule has 0 aliphatic carbocycles. The Labute approximate surface area is 148 Å². The first-order valence-electron chi connectivity index (χ1n) is 7.89. The molecule has 134 valence electrons. The Morgan fingerprint density at radius 3 is 2.36 bits per heavy atom. The van der Waals surface area contributed by atoms with Gasteiger partial charge in [-0.25, -0.2) is 13.1 Å². The molecule has 2 aromatic rings. The van der Waals surface area contributed by atoms with Crippen molar-refractivity contribution in [1.29, 1.82) is 0 Å². The Bertz CT molecular complexity index is 846. The number of nitrogens with one attached hydrogen (secondary N) is 2. The Morgan fingerprint density at radius 1 is 1.12 bits per heavy atom. The summed E-state index contributed by atoms with van der Waals surface area (Å²) in [6.07, 6.45) is 0.912. The van der Waals surface area contributed by atoms with Crippen LogP contribution in [0.2, 0.25) is 0 Å².